The fourth-order valence-corrected chi connectivity index (χ4v) is 3.18. The highest BCUT2D eigenvalue weighted by atomic mass is 32.2. The van der Waals surface area contributed by atoms with Gasteiger partial charge in [0.1, 0.15) is 0 Å². The highest BCUT2D eigenvalue weighted by molar-refractivity contribution is 8.00. The molecule has 0 aromatic heterocycles. The maximum Gasteiger partial charge on any atom is 0.272 e. The van der Waals surface area contributed by atoms with E-state index >= 15 is 0 Å². The summed E-state index contributed by atoms with van der Waals surface area (Å²) in [5.41, 5.74) is 0.0460. The minimum Gasteiger partial charge on any atom is -0.367 e. The molecule has 1 aliphatic heterocycles. The minimum atomic E-state index is -2.03. The van der Waals surface area contributed by atoms with Gasteiger partial charge in [-0.1, -0.05) is 0 Å². The summed E-state index contributed by atoms with van der Waals surface area (Å²) in [6.07, 6.45) is 0. The number of nitro groups is 1. The molecule has 0 N–H and O–H groups in total. The molecule has 5 nitrogen and oxygen atoms in total. The van der Waals surface area contributed by atoms with Gasteiger partial charge in [0, 0.05) is 30.7 Å². The van der Waals surface area contributed by atoms with Crippen molar-refractivity contribution >= 4 is 26.8 Å². The van der Waals surface area contributed by atoms with Crippen molar-refractivity contribution in [3.8, 4) is 0 Å². The molecule has 0 atom stereocenters. The maximum atomic E-state index is 13.8. The average molecular weight is 272 g/mol. The molecular weight excluding hydrogens is 259 g/mol. The van der Waals surface area contributed by atoms with Crippen molar-refractivity contribution in [2.24, 2.45) is 0 Å². The van der Waals surface area contributed by atoms with Crippen molar-refractivity contribution in [1.29, 1.82) is 0 Å². The summed E-state index contributed by atoms with van der Waals surface area (Å²) in [5, 5.41) is 10.5. The van der Waals surface area contributed by atoms with Crippen LogP contribution in [0.15, 0.2) is 18.2 Å². The second-order valence-corrected chi connectivity index (χ2v) is 7.00. The monoisotopic (exact) mass is 272 g/mol. The molecule has 1 aromatic carbocycles. The molecule has 0 saturated carbocycles. The molecule has 1 heterocycles. The van der Waals surface area contributed by atoms with Gasteiger partial charge in [0.15, 0.2) is 5.82 Å². The molecule has 1 aliphatic rings. The van der Waals surface area contributed by atoms with Crippen molar-refractivity contribution in [3.05, 3.63) is 34.1 Å². The van der Waals surface area contributed by atoms with E-state index in [1.165, 1.54) is 12.1 Å². The number of anilines is 1. The maximum absolute atomic E-state index is 13.8. The van der Waals surface area contributed by atoms with E-state index in [4.69, 9.17) is 0 Å². The second kappa shape index (κ2) is 4.56. The standard InChI is InChI=1S/C11H13FN2O3S/c1-18(17)6-4-13(5-7-18)11-3-2-9(14(15)16)8-10(11)12/h2-3,8H,1,4-7H2. The zero-order chi connectivity index (χ0) is 13.3. The van der Waals surface area contributed by atoms with E-state index in [0.29, 0.717) is 30.3 Å². The molecule has 7 heteroatoms. The molecule has 0 aliphatic carbocycles. The SMILES string of the molecule is C=S1(=O)CCN(c2ccc([N+](=O)[O-])cc2F)CC1. The summed E-state index contributed by atoms with van der Waals surface area (Å²) in [7, 11) is -2.03. The van der Waals surface area contributed by atoms with Gasteiger partial charge in [-0.05, 0) is 21.5 Å². The van der Waals surface area contributed by atoms with Gasteiger partial charge in [0.25, 0.3) is 5.69 Å². The number of nitro benzene ring substituents is 1. The first-order valence-corrected chi connectivity index (χ1v) is 7.47. The minimum absolute atomic E-state index is 0.269. The van der Waals surface area contributed by atoms with Crippen LogP contribution < -0.4 is 4.90 Å². The summed E-state index contributed by atoms with van der Waals surface area (Å²) in [5.74, 6) is 3.85. The van der Waals surface area contributed by atoms with E-state index in [9.17, 15) is 18.7 Å². The van der Waals surface area contributed by atoms with Gasteiger partial charge in [0.05, 0.1) is 16.7 Å². The summed E-state index contributed by atoms with van der Waals surface area (Å²) in [6, 6.07) is 3.57. The van der Waals surface area contributed by atoms with Crippen molar-refractivity contribution in [2.75, 3.05) is 29.5 Å². The third kappa shape index (κ3) is 2.61. The van der Waals surface area contributed by atoms with Gasteiger partial charge in [-0.25, -0.2) is 4.39 Å². The Hall–Kier alpha value is -1.63. The highest BCUT2D eigenvalue weighted by Gasteiger charge is 2.21. The van der Waals surface area contributed by atoms with Crippen LogP contribution in [0.5, 0.6) is 0 Å². The summed E-state index contributed by atoms with van der Waals surface area (Å²) in [4.78, 5) is 11.6. The van der Waals surface area contributed by atoms with E-state index in [1.807, 2.05) is 0 Å². The number of benzene rings is 1. The van der Waals surface area contributed by atoms with Crippen LogP contribution in [-0.2, 0) is 9.52 Å². The molecule has 0 unspecified atom stereocenters. The van der Waals surface area contributed by atoms with Gasteiger partial charge < -0.3 is 4.90 Å². The van der Waals surface area contributed by atoms with Crippen LogP contribution in [0.1, 0.15) is 0 Å². The highest BCUT2D eigenvalue weighted by Crippen LogP contribution is 2.25. The summed E-state index contributed by atoms with van der Waals surface area (Å²) >= 11 is 0. The lowest BCUT2D eigenvalue weighted by atomic mass is 10.2. The van der Waals surface area contributed by atoms with Crippen LogP contribution in [0.3, 0.4) is 0 Å². The van der Waals surface area contributed by atoms with Crippen molar-refractivity contribution in [3.63, 3.8) is 0 Å². The Kier molecular flexibility index (Phi) is 3.25. The number of hydrogen-bond acceptors (Lipinski definition) is 4. The summed E-state index contributed by atoms with van der Waals surface area (Å²) in [6.45, 7) is 0.911. The Balaban J connectivity index is 2.22. The Labute approximate surface area is 104 Å². The Morgan fingerprint density at radius 3 is 2.50 bits per heavy atom. The van der Waals surface area contributed by atoms with Crippen molar-refractivity contribution in [1.82, 2.24) is 0 Å². The first-order valence-electron chi connectivity index (χ1n) is 5.40. The van der Waals surface area contributed by atoms with Crippen molar-refractivity contribution in [2.45, 2.75) is 0 Å². The zero-order valence-corrected chi connectivity index (χ0v) is 10.5. The largest absolute Gasteiger partial charge is 0.367 e. The molecule has 1 fully saturated rings. The molecule has 98 valence electrons. The average Bonchev–Trinajstić information content (AvgIpc) is 2.29. The molecule has 0 radical (unpaired) electrons. The molecule has 2 rings (SSSR count). The lowest BCUT2D eigenvalue weighted by Gasteiger charge is -2.30. The second-order valence-electron chi connectivity index (χ2n) is 4.25. The first kappa shape index (κ1) is 12.8. The van der Waals surface area contributed by atoms with Gasteiger partial charge in [-0.2, -0.15) is 0 Å². The van der Waals surface area contributed by atoms with E-state index in [2.05, 4.69) is 5.87 Å². The Bertz CT molecular complexity index is 572. The zero-order valence-electron chi connectivity index (χ0n) is 9.67. The number of rotatable bonds is 2. The van der Waals surface area contributed by atoms with Crippen LogP contribution in [0, 0.1) is 15.9 Å². The fraction of sp³-hybridized carbons (Fsp3) is 0.364. The Morgan fingerprint density at radius 1 is 1.39 bits per heavy atom. The normalized spacial score (nSPS) is 18.6. The smallest absolute Gasteiger partial charge is 0.272 e. The molecule has 0 amide bonds. The van der Waals surface area contributed by atoms with Crippen LogP contribution >= 0.6 is 0 Å². The number of hydrogen-bond donors (Lipinski definition) is 0. The van der Waals surface area contributed by atoms with E-state index in [-0.39, 0.29) is 5.69 Å². The third-order valence-corrected chi connectivity index (χ3v) is 4.80. The number of nitrogens with zero attached hydrogens (tertiary/aromatic N) is 2. The van der Waals surface area contributed by atoms with E-state index in [1.54, 1.807) is 4.90 Å². The topological polar surface area (TPSA) is 63.5 Å². The van der Waals surface area contributed by atoms with Crippen molar-refractivity contribution < 1.29 is 13.5 Å². The van der Waals surface area contributed by atoms with E-state index in [0.717, 1.165) is 6.07 Å². The van der Waals surface area contributed by atoms with Crippen LogP contribution in [0.4, 0.5) is 15.8 Å². The van der Waals surface area contributed by atoms with Crippen LogP contribution in [-0.4, -0.2) is 39.6 Å². The third-order valence-electron chi connectivity index (χ3n) is 2.95. The van der Waals surface area contributed by atoms with Crippen LogP contribution in [0.25, 0.3) is 0 Å². The number of halogens is 1. The molecular formula is C11H13FN2O3S. The van der Waals surface area contributed by atoms with Gasteiger partial charge >= 0.3 is 0 Å². The first-order chi connectivity index (χ1) is 8.39. The predicted octanol–water partition coefficient (Wildman–Crippen LogP) is 1.27. The van der Waals surface area contributed by atoms with Gasteiger partial charge in [0.2, 0.25) is 0 Å². The molecule has 18 heavy (non-hydrogen) atoms. The lowest BCUT2D eigenvalue weighted by molar-refractivity contribution is -0.385. The van der Waals surface area contributed by atoms with Gasteiger partial charge in [-0.3, -0.25) is 14.3 Å². The fourth-order valence-electron chi connectivity index (χ4n) is 1.87. The Morgan fingerprint density at radius 2 is 2.00 bits per heavy atom. The van der Waals surface area contributed by atoms with E-state index < -0.39 is 20.3 Å². The lowest BCUT2D eigenvalue weighted by Crippen LogP contribution is -2.40. The molecule has 1 saturated heterocycles. The quantitative estimate of drug-likeness (QED) is 0.462. The van der Waals surface area contributed by atoms with Gasteiger partial charge in [-0.15, -0.1) is 0 Å². The number of non-ortho nitro benzene ring substituents is 1. The molecule has 0 spiro atoms. The predicted molar refractivity (Wildman–Crippen MR) is 70.3 cm³/mol. The summed E-state index contributed by atoms with van der Waals surface area (Å²) < 4.78 is 25.4. The van der Waals surface area contributed by atoms with Crippen LogP contribution in [0.2, 0.25) is 0 Å². The molecule has 1 aromatic rings. The molecule has 0 bridgehead atoms.